The summed E-state index contributed by atoms with van der Waals surface area (Å²) in [6.45, 7) is 9.45. The van der Waals surface area contributed by atoms with Gasteiger partial charge in [0.15, 0.2) is 0 Å². The molecular formula is C19H28BrClIN5O2. The Kier molecular flexibility index (Phi) is 7.66. The van der Waals surface area contributed by atoms with Crippen molar-refractivity contribution < 1.29 is 9.53 Å². The topological polar surface area (TPSA) is 63.0 Å². The van der Waals surface area contributed by atoms with E-state index in [2.05, 4.69) is 35.8 Å². The van der Waals surface area contributed by atoms with Gasteiger partial charge >= 0.3 is 193 Å². The number of fused-ring (bicyclic) bond motifs is 1. The number of amides is 1. The molecule has 3 rings (SSSR count). The maximum atomic E-state index is 13.0. The SMILES string of the molecule is CI1CCN(CCCN(C(=O)OC(C)(C)C)c2cc(Cl)nc3c(Br)cnn23)CC1. The first-order valence-corrected chi connectivity index (χ1v) is 16.0. The Morgan fingerprint density at radius 1 is 1.38 bits per heavy atom. The first-order valence-electron chi connectivity index (χ1n) is 9.58. The van der Waals surface area contributed by atoms with Gasteiger partial charge in [-0.1, -0.05) is 0 Å². The summed E-state index contributed by atoms with van der Waals surface area (Å²) in [6, 6.07) is 1.66. The molecule has 29 heavy (non-hydrogen) atoms. The number of halogens is 3. The molecule has 0 bridgehead atoms. The van der Waals surface area contributed by atoms with E-state index in [-0.39, 0.29) is 0 Å². The van der Waals surface area contributed by atoms with Gasteiger partial charge in [-0.2, -0.15) is 0 Å². The number of hydrogen-bond donors (Lipinski definition) is 0. The fourth-order valence-electron chi connectivity index (χ4n) is 3.11. The third-order valence-electron chi connectivity index (χ3n) is 4.57. The third kappa shape index (κ3) is 6.18. The number of anilines is 1. The second-order valence-corrected chi connectivity index (χ2v) is 15.6. The van der Waals surface area contributed by atoms with Gasteiger partial charge in [-0.25, -0.2) is 0 Å². The summed E-state index contributed by atoms with van der Waals surface area (Å²) in [6.07, 6.45) is 2.09. The van der Waals surface area contributed by atoms with Crippen molar-refractivity contribution >= 4 is 64.9 Å². The zero-order chi connectivity index (χ0) is 21.2. The molecule has 1 amide bonds. The van der Waals surface area contributed by atoms with E-state index in [0.717, 1.165) is 17.4 Å². The van der Waals surface area contributed by atoms with E-state index in [1.54, 1.807) is 21.7 Å². The van der Waals surface area contributed by atoms with Crippen LogP contribution in [0.4, 0.5) is 10.6 Å². The van der Waals surface area contributed by atoms with Crippen molar-refractivity contribution in [2.45, 2.75) is 32.8 Å². The first-order chi connectivity index (χ1) is 13.6. The van der Waals surface area contributed by atoms with E-state index in [1.165, 1.54) is 21.9 Å². The van der Waals surface area contributed by atoms with Gasteiger partial charge in [0.1, 0.15) is 0 Å². The zero-order valence-electron chi connectivity index (χ0n) is 17.3. The molecule has 10 heteroatoms. The molecule has 7 nitrogen and oxygen atoms in total. The molecule has 0 radical (unpaired) electrons. The molecule has 0 unspecified atom stereocenters. The average Bonchev–Trinajstić information content (AvgIpc) is 2.99. The van der Waals surface area contributed by atoms with Crippen LogP contribution in [0.2, 0.25) is 5.15 Å². The van der Waals surface area contributed by atoms with Crippen LogP contribution in [-0.2, 0) is 4.74 Å². The summed E-state index contributed by atoms with van der Waals surface area (Å²) in [5, 5.41) is 4.66. The Morgan fingerprint density at radius 3 is 2.72 bits per heavy atom. The summed E-state index contributed by atoms with van der Waals surface area (Å²) in [5.74, 6) is 0.556. The van der Waals surface area contributed by atoms with Crippen LogP contribution < -0.4 is 4.90 Å². The minimum absolute atomic E-state index is 0.304. The molecule has 162 valence electrons. The quantitative estimate of drug-likeness (QED) is 0.282. The summed E-state index contributed by atoms with van der Waals surface area (Å²) < 4.78 is 10.8. The molecule has 3 heterocycles. The summed E-state index contributed by atoms with van der Waals surface area (Å²) >= 11 is 9.05. The predicted octanol–water partition coefficient (Wildman–Crippen LogP) is 4.73. The maximum absolute atomic E-state index is 13.0. The number of carbonyl (C=O) groups is 1. The van der Waals surface area contributed by atoms with E-state index >= 15 is 0 Å². The van der Waals surface area contributed by atoms with Crippen molar-refractivity contribution in [3.63, 3.8) is 0 Å². The number of carbonyl (C=O) groups excluding carboxylic acids is 1. The third-order valence-corrected chi connectivity index (χ3v) is 9.97. The van der Waals surface area contributed by atoms with Crippen molar-refractivity contribution in [2.24, 2.45) is 0 Å². The van der Waals surface area contributed by atoms with Gasteiger partial charge < -0.3 is 0 Å². The van der Waals surface area contributed by atoms with Crippen molar-refractivity contribution in [2.75, 3.05) is 44.9 Å². The zero-order valence-corrected chi connectivity index (χ0v) is 21.8. The van der Waals surface area contributed by atoms with Crippen LogP contribution >= 0.6 is 47.4 Å². The molecule has 0 N–H and O–H groups in total. The Hall–Kier alpha value is -0.650. The predicted molar refractivity (Wildman–Crippen MR) is 130 cm³/mol. The van der Waals surface area contributed by atoms with Crippen LogP contribution in [0, 0.1) is 0 Å². The van der Waals surface area contributed by atoms with Gasteiger partial charge in [0.05, 0.1) is 0 Å². The van der Waals surface area contributed by atoms with Crippen LogP contribution in [-0.4, -0.2) is 71.2 Å². The Morgan fingerprint density at radius 2 is 2.07 bits per heavy atom. The number of aromatic nitrogens is 3. The number of alkyl halides is 3. The van der Waals surface area contributed by atoms with Crippen molar-refractivity contribution in [1.82, 2.24) is 19.5 Å². The van der Waals surface area contributed by atoms with Gasteiger partial charge in [0.25, 0.3) is 0 Å². The fraction of sp³-hybridized carbons (Fsp3) is 0.632. The molecule has 1 aliphatic rings. The van der Waals surface area contributed by atoms with Gasteiger partial charge in [-0.15, -0.1) is 0 Å². The van der Waals surface area contributed by atoms with E-state index < -0.39 is 31.5 Å². The number of rotatable bonds is 5. The standard InChI is InChI=1S/C19H28BrClIN5O2/c1-19(2,3)29-18(28)26(9-5-8-25-10-6-22(4)7-11-25)16-12-15(21)24-17-14(20)13-23-27(16)17/h12-13H,5-11H2,1-4H3. The summed E-state index contributed by atoms with van der Waals surface area (Å²) in [5.41, 5.74) is -0.0267. The van der Waals surface area contributed by atoms with Gasteiger partial charge in [0.2, 0.25) is 0 Å². The molecule has 0 atom stereocenters. The van der Waals surface area contributed by atoms with Gasteiger partial charge in [-0.3, -0.25) is 0 Å². The minimum atomic E-state index is -0.635. The molecule has 0 aromatic carbocycles. The monoisotopic (exact) mass is 599 g/mol. The van der Waals surface area contributed by atoms with Crippen molar-refractivity contribution in [1.29, 1.82) is 0 Å². The molecular weight excluding hydrogens is 573 g/mol. The molecule has 1 saturated heterocycles. The summed E-state index contributed by atoms with van der Waals surface area (Å²) in [4.78, 5) is 23.9. The van der Waals surface area contributed by atoms with Crippen molar-refractivity contribution in [3.05, 3.63) is 21.9 Å². The molecule has 2 aromatic heterocycles. The Labute approximate surface area is 192 Å². The molecule has 1 fully saturated rings. The second kappa shape index (κ2) is 9.65. The van der Waals surface area contributed by atoms with Crippen LogP contribution in [0.15, 0.2) is 16.7 Å². The van der Waals surface area contributed by atoms with Gasteiger partial charge in [0, 0.05) is 0 Å². The first kappa shape index (κ1) is 23.0. The van der Waals surface area contributed by atoms with Crippen LogP contribution in [0.5, 0.6) is 0 Å². The van der Waals surface area contributed by atoms with E-state index in [0.29, 0.717) is 23.2 Å². The number of hydrogen-bond acceptors (Lipinski definition) is 5. The molecule has 1 aliphatic heterocycles. The fourth-order valence-corrected chi connectivity index (χ4v) is 7.19. The Balaban J connectivity index is 1.81. The van der Waals surface area contributed by atoms with Crippen LogP contribution in [0.1, 0.15) is 27.2 Å². The molecule has 0 aliphatic carbocycles. The molecule has 0 saturated carbocycles. The molecule has 2 aromatic rings. The van der Waals surface area contributed by atoms with Crippen LogP contribution in [0.25, 0.3) is 5.65 Å². The van der Waals surface area contributed by atoms with E-state index in [4.69, 9.17) is 16.3 Å². The van der Waals surface area contributed by atoms with Gasteiger partial charge in [-0.05, 0) is 0 Å². The molecule has 0 spiro atoms. The Bertz CT molecular complexity index is 864. The number of ether oxygens (including phenoxy) is 1. The summed E-state index contributed by atoms with van der Waals surface area (Å²) in [7, 11) is 0. The van der Waals surface area contributed by atoms with Crippen molar-refractivity contribution in [3.8, 4) is 0 Å². The van der Waals surface area contributed by atoms with E-state index in [9.17, 15) is 4.79 Å². The van der Waals surface area contributed by atoms with E-state index in [1.807, 2.05) is 20.8 Å². The average molecular weight is 601 g/mol. The van der Waals surface area contributed by atoms with Crippen LogP contribution in [0.3, 0.4) is 0 Å². The second-order valence-electron chi connectivity index (χ2n) is 8.09. The number of nitrogens with zero attached hydrogens (tertiary/aromatic N) is 5. The normalized spacial score (nSPS) is 17.0.